The third kappa shape index (κ3) is 6.50. The maximum absolute atomic E-state index is 13.7. The van der Waals surface area contributed by atoms with E-state index in [0.717, 1.165) is 54.1 Å². The minimum Gasteiger partial charge on any atom is -0.497 e. The minimum absolute atomic E-state index is 0.0714. The van der Waals surface area contributed by atoms with Gasteiger partial charge in [-0.25, -0.2) is 13.8 Å². The maximum Gasteiger partial charge on any atom is 0.264 e. The molecule has 1 aliphatic carbocycles. The number of hydrogen-bond acceptors (Lipinski definition) is 6. The van der Waals surface area contributed by atoms with Crippen LogP contribution in [0.5, 0.6) is 11.5 Å². The lowest BCUT2D eigenvalue weighted by atomic mass is 9.99. The first-order valence-electron chi connectivity index (χ1n) is 11.5. The molecule has 0 unspecified atom stereocenters. The molecule has 1 aliphatic rings. The molecule has 1 saturated carbocycles. The molecule has 1 N–H and O–H groups in total. The van der Waals surface area contributed by atoms with Crippen LogP contribution in [0.1, 0.15) is 50.5 Å². The van der Waals surface area contributed by atoms with Crippen LogP contribution < -0.4 is 19.2 Å². The van der Waals surface area contributed by atoms with Crippen molar-refractivity contribution in [1.29, 1.82) is 0 Å². The normalized spacial score (nSPS) is 14.5. The summed E-state index contributed by atoms with van der Waals surface area (Å²) in [4.78, 5) is 13.0. The van der Waals surface area contributed by atoms with Gasteiger partial charge in [0.05, 0.1) is 24.8 Å². The van der Waals surface area contributed by atoms with E-state index in [9.17, 15) is 13.2 Å². The lowest BCUT2D eigenvalue weighted by Gasteiger charge is -2.26. The van der Waals surface area contributed by atoms with Gasteiger partial charge in [-0.1, -0.05) is 37.0 Å². The number of aryl methyl sites for hydroxylation is 1. The van der Waals surface area contributed by atoms with E-state index in [2.05, 4.69) is 10.5 Å². The topological polar surface area (TPSA) is 97.3 Å². The van der Waals surface area contributed by atoms with Crippen molar-refractivity contribution in [3.8, 4) is 11.5 Å². The fraction of sp³-hybridized carbons (Fsp3) is 0.440. The molecule has 0 bridgehead atoms. The van der Waals surface area contributed by atoms with Gasteiger partial charge in [0.15, 0.2) is 0 Å². The second-order valence-electron chi connectivity index (χ2n) is 8.34. The molecule has 0 radical (unpaired) electrons. The minimum atomic E-state index is -4.09. The van der Waals surface area contributed by atoms with Gasteiger partial charge in [0.1, 0.15) is 18.0 Å². The average Bonchev–Trinajstić information content (AvgIpc) is 2.81. The monoisotopic (exact) mass is 487 g/mol. The van der Waals surface area contributed by atoms with Gasteiger partial charge in [-0.05, 0) is 56.9 Å². The van der Waals surface area contributed by atoms with Gasteiger partial charge < -0.3 is 9.47 Å². The Morgan fingerprint density at radius 3 is 2.24 bits per heavy atom. The Morgan fingerprint density at radius 1 is 0.971 bits per heavy atom. The number of nitrogens with zero attached hydrogens (tertiary/aromatic N) is 2. The van der Waals surface area contributed by atoms with Gasteiger partial charge in [-0.3, -0.25) is 9.10 Å². The predicted octanol–water partition coefficient (Wildman–Crippen LogP) is 4.42. The highest BCUT2D eigenvalue weighted by Gasteiger charge is 2.30. The molecule has 1 amide bonds. The average molecular weight is 488 g/mol. The second-order valence-corrected chi connectivity index (χ2v) is 10.2. The van der Waals surface area contributed by atoms with E-state index < -0.39 is 22.5 Å². The van der Waals surface area contributed by atoms with E-state index in [1.807, 2.05) is 6.92 Å². The molecule has 8 nitrogen and oxygen atoms in total. The summed E-state index contributed by atoms with van der Waals surface area (Å²) in [5, 5.41) is 4.31. The molecule has 2 aromatic rings. The Bertz CT molecular complexity index is 1100. The summed E-state index contributed by atoms with van der Waals surface area (Å²) in [6.07, 6.45) is 7.32. The summed E-state index contributed by atoms with van der Waals surface area (Å²) < 4.78 is 39.0. The number of carbonyl (C=O) groups excluding carboxylic acids is 1. The molecular formula is C25H33N3O5S. The van der Waals surface area contributed by atoms with Crippen molar-refractivity contribution in [2.75, 3.05) is 25.1 Å². The third-order valence-electron chi connectivity index (χ3n) is 5.82. The molecule has 0 heterocycles. The van der Waals surface area contributed by atoms with Gasteiger partial charge in [0, 0.05) is 11.8 Å². The van der Waals surface area contributed by atoms with Gasteiger partial charge in [0.2, 0.25) is 0 Å². The van der Waals surface area contributed by atoms with Gasteiger partial charge >= 0.3 is 0 Å². The fourth-order valence-electron chi connectivity index (χ4n) is 3.86. The zero-order valence-corrected chi connectivity index (χ0v) is 20.9. The van der Waals surface area contributed by atoms with Crippen LogP contribution in [0.4, 0.5) is 5.69 Å². The number of hydrazone groups is 1. The van der Waals surface area contributed by atoms with Crippen molar-refractivity contribution in [2.24, 2.45) is 5.10 Å². The molecule has 0 spiro atoms. The Hall–Kier alpha value is -3.07. The largest absolute Gasteiger partial charge is 0.497 e. The molecule has 0 aliphatic heterocycles. The van der Waals surface area contributed by atoms with Crippen molar-refractivity contribution >= 4 is 27.3 Å². The van der Waals surface area contributed by atoms with Crippen LogP contribution in [-0.4, -0.2) is 40.8 Å². The van der Waals surface area contributed by atoms with Gasteiger partial charge in [-0.15, -0.1) is 0 Å². The zero-order chi connectivity index (χ0) is 24.6. The Labute approximate surface area is 202 Å². The third-order valence-corrected chi connectivity index (χ3v) is 7.59. The number of anilines is 1. The molecule has 9 heteroatoms. The van der Waals surface area contributed by atoms with Gasteiger partial charge in [-0.2, -0.15) is 5.10 Å². The zero-order valence-electron chi connectivity index (χ0n) is 20.0. The smallest absolute Gasteiger partial charge is 0.264 e. The lowest BCUT2D eigenvalue weighted by Crippen LogP contribution is -2.40. The van der Waals surface area contributed by atoms with E-state index in [-0.39, 0.29) is 10.6 Å². The first-order chi connectivity index (χ1) is 16.3. The van der Waals surface area contributed by atoms with E-state index in [1.54, 1.807) is 30.3 Å². The number of methoxy groups -OCH3 is 2. The van der Waals surface area contributed by atoms with Crippen LogP contribution in [0, 0.1) is 6.92 Å². The first-order valence-corrected chi connectivity index (χ1v) is 12.9. The van der Waals surface area contributed by atoms with E-state index in [4.69, 9.17) is 9.47 Å². The van der Waals surface area contributed by atoms with Crippen LogP contribution in [0.15, 0.2) is 52.5 Å². The van der Waals surface area contributed by atoms with Crippen molar-refractivity contribution in [1.82, 2.24) is 5.43 Å². The van der Waals surface area contributed by atoms with Crippen molar-refractivity contribution in [3.05, 3.63) is 48.0 Å². The summed E-state index contributed by atoms with van der Waals surface area (Å²) in [6.45, 7) is 1.41. The molecule has 34 heavy (non-hydrogen) atoms. The maximum atomic E-state index is 13.7. The van der Waals surface area contributed by atoms with E-state index in [0.29, 0.717) is 11.5 Å². The molecule has 3 rings (SSSR count). The Kier molecular flexibility index (Phi) is 8.92. The standard InChI is InChI=1S/C25H33N3O5S/c1-19-11-14-22(15-12-19)34(30,31)28(23-17-21(32-2)13-16-24(23)33-3)18-25(29)27-26-20-9-7-5-4-6-8-10-20/h11-17H,4-10,18H2,1-3H3,(H,27,29). The Morgan fingerprint density at radius 2 is 1.62 bits per heavy atom. The van der Waals surface area contributed by atoms with E-state index in [1.165, 1.54) is 32.8 Å². The molecule has 2 aromatic carbocycles. The highest BCUT2D eigenvalue weighted by atomic mass is 32.2. The summed E-state index contributed by atoms with van der Waals surface area (Å²) in [5.41, 5.74) is 4.65. The number of rotatable bonds is 8. The molecule has 184 valence electrons. The van der Waals surface area contributed by atoms with Crippen LogP contribution in [-0.2, 0) is 14.8 Å². The first kappa shape index (κ1) is 25.6. The highest BCUT2D eigenvalue weighted by Crippen LogP contribution is 2.35. The predicted molar refractivity (Wildman–Crippen MR) is 133 cm³/mol. The number of benzene rings is 2. The van der Waals surface area contributed by atoms with Crippen molar-refractivity contribution in [2.45, 2.75) is 56.8 Å². The number of sulfonamides is 1. The lowest BCUT2D eigenvalue weighted by molar-refractivity contribution is -0.119. The SMILES string of the molecule is COc1ccc(OC)c(N(CC(=O)NN=C2CCCCCCC2)S(=O)(=O)c2ccc(C)cc2)c1. The van der Waals surface area contributed by atoms with E-state index >= 15 is 0 Å². The van der Waals surface area contributed by atoms with Gasteiger partial charge in [0.25, 0.3) is 15.9 Å². The number of amides is 1. The molecule has 1 fully saturated rings. The quantitative estimate of drug-likeness (QED) is 0.556. The van der Waals surface area contributed by atoms with Crippen molar-refractivity contribution < 1.29 is 22.7 Å². The number of hydrogen-bond donors (Lipinski definition) is 1. The number of nitrogens with one attached hydrogen (secondary N) is 1. The molecule has 0 aromatic heterocycles. The second kappa shape index (κ2) is 11.9. The Balaban J connectivity index is 1.93. The number of carbonyl (C=O) groups is 1. The van der Waals surface area contributed by atoms with Crippen LogP contribution in [0.3, 0.4) is 0 Å². The summed E-state index contributed by atoms with van der Waals surface area (Å²) in [6, 6.07) is 11.3. The van der Waals surface area contributed by atoms with Crippen LogP contribution in [0.2, 0.25) is 0 Å². The molecule has 0 atom stereocenters. The summed E-state index contributed by atoms with van der Waals surface area (Å²) >= 11 is 0. The summed E-state index contributed by atoms with van der Waals surface area (Å²) in [5.74, 6) is 0.209. The highest BCUT2D eigenvalue weighted by molar-refractivity contribution is 7.92. The fourth-order valence-corrected chi connectivity index (χ4v) is 5.28. The van der Waals surface area contributed by atoms with Crippen LogP contribution >= 0.6 is 0 Å². The van der Waals surface area contributed by atoms with Crippen LogP contribution in [0.25, 0.3) is 0 Å². The summed E-state index contributed by atoms with van der Waals surface area (Å²) in [7, 11) is -1.15. The molecular weight excluding hydrogens is 454 g/mol. The molecule has 0 saturated heterocycles. The number of ether oxygens (including phenoxy) is 2. The van der Waals surface area contributed by atoms with Crippen molar-refractivity contribution in [3.63, 3.8) is 0 Å².